The van der Waals surface area contributed by atoms with Crippen LogP contribution in [-0.4, -0.2) is 34.7 Å². The normalized spacial score (nSPS) is 48.8. The van der Waals surface area contributed by atoms with Gasteiger partial charge >= 0.3 is 5.63 Å². The lowest BCUT2D eigenvalue weighted by Gasteiger charge is -2.64. The van der Waals surface area contributed by atoms with E-state index in [1.54, 1.807) is 12.3 Å². The van der Waals surface area contributed by atoms with Crippen molar-refractivity contribution in [2.24, 2.45) is 28.6 Å². The third-order valence-corrected chi connectivity index (χ3v) is 11.6. The summed E-state index contributed by atoms with van der Waals surface area (Å²) < 4.78 is 5.23. The van der Waals surface area contributed by atoms with Crippen molar-refractivity contribution < 1.29 is 9.52 Å². The smallest absolute Gasteiger partial charge is 0.335 e. The van der Waals surface area contributed by atoms with E-state index in [-0.39, 0.29) is 17.0 Å². The Balaban J connectivity index is 1.26. The van der Waals surface area contributed by atoms with Crippen molar-refractivity contribution in [1.82, 2.24) is 4.90 Å². The van der Waals surface area contributed by atoms with Gasteiger partial charge in [0.05, 0.1) is 11.9 Å². The van der Waals surface area contributed by atoms with Gasteiger partial charge in [-0.15, -0.1) is 0 Å². The molecule has 2 heterocycles. The van der Waals surface area contributed by atoms with Gasteiger partial charge in [0.1, 0.15) is 0 Å². The standard InChI is InChI=1S/C28H41NO3/c1-26-12-9-21(29-15-3-4-16-29)17-20(26)6-7-24-23(26)10-13-27(2)22(11-14-28(24,27)31)19-5-8-25(30)32-18-19/h5,8,18,20-24,31H,3-4,6-7,9-17H2,1-2H3/t20-,21?,22-,23+,24-,26+,27-,28+/m1/s1. The molecule has 32 heavy (non-hydrogen) atoms. The third-order valence-electron chi connectivity index (χ3n) is 11.6. The van der Waals surface area contributed by atoms with Crippen molar-refractivity contribution in [3.05, 3.63) is 34.4 Å². The topological polar surface area (TPSA) is 53.7 Å². The molecule has 4 nitrogen and oxygen atoms in total. The molecular weight excluding hydrogens is 398 g/mol. The van der Waals surface area contributed by atoms with Crippen LogP contribution >= 0.6 is 0 Å². The molecule has 1 N–H and O–H groups in total. The zero-order valence-corrected chi connectivity index (χ0v) is 20.0. The van der Waals surface area contributed by atoms with Gasteiger partial charge in [0.25, 0.3) is 0 Å². The predicted molar refractivity (Wildman–Crippen MR) is 126 cm³/mol. The Labute approximate surface area is 192 Å². The fourth-order valence-electron chi connectivity index (χ4n) is 9.74. The summed E-state index contributed by atoms with van der Waals surface area (Å²) in [6.07, 6.45) is 15.3. The molecule has 0 amide bonds. The lowest BCUT2D eigenvalue weighted by atomic mass is 9.43. The molecule has 8 atom stereocenters. The molecule has 1 aromatic heterocycles. The van der Waals surface area contributed by atoms with Gasteiger partial charge in [0, 0.05) is 17.5 Å². The molecule has 1 unspecified atom stereocenters. The highest BCUT2D eigenvalue weighted by Gasteiger charge is 2.67. The lowest BCUT2D eigenvalue weighted by Crippen LogP contribution is -2.62. The van der Waals surface area contributed by atoms with Crippen molar-refractivity contribution in [1.29, 1.82) is 0 Å². The summed E-state index contributed by atoms with van der Waals surface area (Å²) >= 11 is 0. The van der Waals surface area contributed by atoms with Crippen LogP contribution in [0.4, 0.5) is 0 Å². The minimum atomic E-state index is -0.587. The molecule has 5 fully saturated rings. The molecule has 4 aliphatic carbocycles. The van der Waals surface area contributed by atoms with E-state index in [2.05, 4.69) is 18.7 Å². The Kier molecular flexibility index (Phi) is 4.97. The second kappa shape index (κ2) is 7.43. The molecule has 1 aromatic rings. The highest BCUT2D eigenvalue weighted by Crippen LogP contribution is 2.70. The molecule has 4 heteroatoms. The summed E-state index contributed by atoms with van der Waals surface area (Å²) in [6, 6.07) is 4.30. The Morgan fingerprint density at radius 1 is 0.969 bits per heavy atom. The molecule has 176 valence electrons. The Bertz CT molecular complexity index is 901. The van der Waals surface area contributed by atoms with Crippen LogP contribution in [0.5, 0.6) is 0 Å². The van der Waals surface area contributed by atoms with Gasteiger partial charge < -0.3 is 14.4 Å². The van der Waals surface area contributed by atoms with E-state index in [9.17, 15) is 9.90 Å². The number of likely N-dealkylation sites (tertiary alicyclic amines) is 1. The van der Waals surface area contributed by atoms with Gasteiger partial charge in [-0.1, -0.05) is 13.8 Å². The van der Waals surface area contributed by atoms with Gasteiger partial charge in [-0.05, 0) is 124 Å². The molecule has 0 bridgehead atoms. The zero-order valence-electron chi connectivity index (χ0n) is 20.0. The van der Waals surface area contributed by atoms with Crippen molar-refractivity contribution in [3.8, 4) is 0 Å². The fraction of sp³-hybridized carbons (Fsp3) is 0.821. The highest BCUT2D eigenvalue weighted by atomic mass is 16.4. The summed E-state index contributed by atoms with van der Waals surface area (Å²) in [5.41, 5.74) is 0.508. The van der Waals surface area contributed by atoms with Gasteiger partial charge in [0.15, 0.2) is 0 Å². The Hall–Kier alpha value is -1.13. The molecule has 4 saturated carbocycles. The van der Waals surface area contributed by atoms with Crippen molar-refractivity contribution in [3.63, 3.8) is 0 Å². The first-order chi connectivity index (χ1) is 15.3. The molecule has 0 spiro atoms. The maximum atomic E-state index is 12.4. The summed E-state index contributed by atoms with van der Waals surface area (Å²) in [6.45, 7) is 7.57. The maximum Gasteiger partial charge on any atom is 0.335 e. The largest absolute Gasteiger partial charge is 0.431 e. The first-order valence-electron chi connectivity index (χ1n) is 13.4. The number of fused-ring (bicyclic) bond motifs is 5. The number of hydrogen-bond donors (Lipinski definition) is 1. The van der Waals surface area contributed by atoms with Crippen molar-refractivity contribution in [2.45, 2.75) is 102 Å². The van der Waals surface area contributed by atoms with Crippen LogP contribution < -0.4 is 5.63 Å². The Morgan fingerprint density at radius 3 is 2.53 bits per heavy atom. The molecular formula is C28H41NO3. The minimum absolute atomic E-state index is 0.121. The van der Waals surface area contributed by atoms with E-state index in [0.717, 1.165) is 36.8 Å². The summed E-state index contributed by atoms with van der Waals surface area (Å²) in [7, 11) is 0. The van der Waals surface area contributed by atoms with E-state index in [4.69, 9.17) is 4.42 Å². The van der Waals surface area contributed by atoms with Crippen LogP contribution in [0.2, 0.25) is 0 Å². The zero-order chi connectivity index (χ0) is 22.1. The summed E-state index contributed by atoms with van der Waals surface area (Å²) in [4.78, 5) is 14.3. The lowest BCUT2D eigenvalue weighted by molar-refractivity contribution is -0.203. The van der Waals surface area contributed by atoms with Crippen molar-refractivity contribution >= 4 is 0 Å². The number of rotatable bonds is 2. The number of aliphatic hydroxyl groups is 1. The van der Waals surface area contributed by atoms with E-state index < -0.39 is 5.60 Å². The third kappa shape index (κ3) is 2.90. The fourth-order valence-corrected chi connectivity index (χ4v) is 9.74. The SMILES string of the molecule is C[C@]12CCC(N3CCCC3)C[C@H]1CC[C@@H]1[C@@H]2CC[C@]2(C)[C@@H](c3ccc(=O)oc3)CC[C@]12O. The molecule has 1 saturated heterocycles. The van der Waals surface area contributed by atoms with Crippen LogP contribution in [0.3, 0.4) is 0 Å². The van der Waals surface area contributed by atoms with Crippen LogP contribution in [0.1, 0.15) is 96.0 Å². The van der Waals surface area contributed by atoms with Crippen LogP contribution in [0.25, 0.3) is 0 Å². The molecule has 6 rings (SSSR count). The van der Waals surface area contributed by atoms with Crippen LogP contribution in [0.15, 0.2) is 27.6 Å². The van der Waals surface area contributed by atoms with E-state index in [0.29, 0.717) is 17.3 Å². The quantitative estimate of drug-likeness (QED) is 0.675. The van der Waals surface area contributed by atoms with Crippen LogP contribution in [0, 0.1) is 28.6 Å². The molecule has 1 aliphatic heterocycles. The van der Waals surface area contributed by atoms with E-state index in [1.807, 2.05) is 6.07 Å². The number of hydrogen-bond acceptors (Lipinski definition) is 4. The second-order valence-electron chi connectivity index (χ2n) is 12.5. The summed E-state index contributed by atoms with van der Waals surface area (Å²) in [5.74, 6) is 2.20. The first kappa shape index (κ1) is 21.4. The van der Waals surface area contributed by atoms with Crippen LogP contribution in [-0.2, 0) is 0 Å². The highest BCUT2D eigenvalue weighted by molar-refractivity contribution is 5.27. The molecule has 0 radical (unpaired) electrons. The average Bonchev–Trinajstić information content (AvgIpc) is 3.41. The second-order valence-corrected chi connectivity index (χ2v) is 12.5. The van der Waals surface area contributed by atoms with Gasteiger partial charge in [-0.25, -0.2) is 4.79 Å². The number of nitrogens with zero attached hydrogens (tertiary/aromatic N) is 1. The molecule has 0 aromatic carbocycles. The first-order valence-corrected chi connectivity index (χ1v) is 13.4. The monoisotopic (exact) mass is 439 g/mol. The van der Waals surface area contributed by atoms with Gasteiger partial charge in [-0.3, -0.25) is 0 Å². The van der Waals surface area contributed by atoms with Crippen molar-refractivity contribution in [2.75, 3.05) is 13.1 Å². The predicted octanol–water partition coefficient (Wildman–Crippen LogP) is 5.35. The average molecular weight is 440 g/mol. The minimum Gasteiger partial charge on any atom is -0.431 e. The molecule has 5 aliphatic rings. The summed E-state index contributed by atoms with van der Waals surface area (Å²) in [5, 5.41) is 12.4. The van der Waals surface area contributed by atoms with Gasteiger partial charge in [0.2, 0.25) is 0 Å². The Morgan fingerprint density at radius 2 is 1.78 bits per heavy atom. The maximum absolute atomic E-state index is 12.4. The van der Waals surface area contributed by atoms with E-state index >= 15 is 0 Å². The van der Waals surface area contributed by atoms with E-state index in [1.165, 1.54) is 64.5 Å². The van der Waals surface area contributed by atoms with Gasteiger partial charge in [-0.2, -0.15) is 0 Å².